The van der Waals surface area contributed by atoms with Gasteiger partial charge in [0.1, 0.15) is 6.04 Å². The average molecular weight is 723 g/mol. The van der Waals surface area contributed by atoms with E-state index in [-0.39, 0.29) is 37.2 Å². The van der Waals surface area contributed by atoms with Gasteiger partial charge in [-0.05, 0) is 67.1 Å². The number of imide groups is 1. The van der Waals surface area contributed by atoms with Crippen molar-refractivity contribution in [1.82, 2.24) is 40.2 Å². The van der Waals surface area contributed by atoms with E-state index >= 15 is 0 Å². The first-order valence-corrected chi connectivity index (χ1v) is 17.7. The zero-order valence-electron chi connectivity index (χ0n) is 30.2. The maximum atomic E-state index is 12.6. The molecule has 2 N–H and O–H groups in total. The van der Waals surface area contributed by atoms with Gasteiger partial charge in [0.15, 0.2) is 0 Å². The van der Waals surface area contributed by atoms with Crippen molar-refractivity contribution in [2.45, 2.75) is 58.7 Å². The minimum atomic E-state index is -0.639. The zero-order chi connectivity index (χ0) is 37.9. The van der Waals surface area contributed by atoms with Crippen molar-refractivity contribution in [1.29, 1.82) is 0 Å². The Morgan fingerprint density at radius 1 is 1.00 bits per heavy atom. The molecule has 1 fully saturated rings. The number of fused-ring (bicyclic) bond motifs is 3. The summed E-state index contributed by atoms with van der Waals surface area (Å²) >= 11 is 0. The van der Waals surface area contributed by atoms with Crippen LogP contribution in [0.3, 0.4) is 0 Å². The number of carbonyl (C=O) groups excluding carboxylic acids is 5. The summed E-state index contributed by atoms with van der Waals surface area (Å²) in [6.07, 6.45) is 6.12. The molecule has 272 valence electrons. The highest BCUT2D eigenvalue weighted by atomic mass is 16.2. The summed E-state index contributed by atoms with van der Waals surface area (Å²) in [4.78, 5) is 70.7. The lowest BCUT2D eigenvalue weighted by Crippen LogP contribution is -2.52. The molecule has 1 unspecified atom stereocenters. The highest BCUT2D eigenvalue weighted by molar-refractivity contribution is 6.05. The standard InChI is InChI=1S/C24H23N5O.C17H15N3O4/c1-4-20-18-11-24(30)28(3)14-23(18)29(27-20)22-7-5-6-16-10-21(26-13-19(16)22)17-9-8-15(2)25-12-17;21-10-18-8-2-4-11-3-1-5-12-13(11)9-20(17(12)24)14-6-7-15(22)19-16(14)23/h5-10,12-13H,4,11,14H2,1-3H3;1,3,5,10,14H,6-9H2,(H,18,21)(H,19,22,23). The van der Waals surface area contributed by atoms with Crippen LogP contribution in [0.15, 0.2) is 67.0 Å². The first kappa shape index (κ1) is 35.7. The van der Waals surface area contributed by atoms with Gasteiger partial charge in [-0.25, -0.2) is 4.68 Å². The highest BCUT2D eigenvalue weighted by Crippen LogP contribution is 2.32. The van der Waals surface area contributed by atoms with E-state index in [0.29, 0.717) is 36.9 Å². The molecule has 1 atom stereocenters. The molecule has 1 saturated heterocycles. The number of nitrogens with one attached hydrogen (secondary N) is 2. The number of hydrogen-bond donors (Lipinski definition) is 2. The fourth-order valence-electron chi connectivity index (χ4n) is 7.04. The molecule has 54 heavy (non-hydrogen) atoms. The van der Waals surface area contributed by atoms with Crippen LogP contribution in [0.5, 0.6) is 0 Å². The molecule has 8 rings (SSSR count). The van der Waals surface area contributed by atoms with Crippen LogP contribution in [0, 0.1) is 18.8 Å². The lowest BCUT2D eigenvalue weighted by molar-refractivity contribution is -0.137. The number of hydrogen-bond acceptors (Lipinski definition) is 8. The van der Waals surface area contributed by atoms with Gasteiger partial charge in [-0.3, -0.25) is 39.3 Å². The summed E-state index contributed by atoms with van der Waals surface area (Å²) in [5.41, 5.74) is 9.03. The number of nitrogens with zero attached hydrogens (tertiary/aromatic N) is 6. The summed E-state index contributed by atoms with van der Waals surface area (Å²) in [5, 5.41) is 11.7. The van der Waals surface area contributed by atoms with Gasteiger partial charge in [0.2, 0.25) is 24.1 Å². The summed E-state index contributed by atoms with van der Waals surface area (Å²) in [7, 11) is 1.85. The van der Waals surface area contributed by atoms with E-state index in [1.807, 2.05) is 49.2 Å². The number of rotatable bonds is 6. The molecule has 0 bridgehead atoms. The second kappa shape index (κ2) is 15.1. The third-order valence-electron chi connectivity index (χ3n) is 9.90. The Labute approximate surface area is 311 Å². The quantitative estimate of drug-likeness (QED) is 0.117. The molecule has 3 aromatic heterocycles. The van der Waals surface area contributed by atoms with Crippen molar-refractivity contribution < 1.29 is 24.0 Å². The predicted molar refractivity (Wildman–Crippen MR) is 200 cm³/mol. The molecule has 0 saturated carbocycles. The Bertz CT molecular complexity index is 2390. The van der Waals surface area contributed by atoms with E-state index in [2.05, 4.69) is 52.6 Å². The van der Waals surface area contributed by atoms with Crippen molar-refractivity contribution in [3.63, 3.8) is 0 Å². The van der Waals surface area contributed by atoms with Crippen LogP contribution in [0.4, 0.5) is 0 Å². The average Bonchev–Trinajstić information content (AvgIpc) is 3.70. The topological polar surface area (TPSA) is 159 Å². The van der Waals surface area contributed by atoms with Crippen LogP contribution in [0.25, 0.3) is 27.7 Å². The number of pyridine rings is 2. The van der Waals surface area contributed by atoms with Crippen LogP contribution < -0.4 is 10.6 Å². The van der Waals surface area contributed by atoms with E-state index in [9.17, 15) is 24.0 Å². The van der Waals surface area contributed by atoms with Gasteiger partial charge in [-0.1, -0.05) is 37.0 Å². The molecule has 5 amide bonds. The highest BCUT2D eigenvalue weighted by Gasteiger charge is 2.39. The Balaban J connectivity index is 0.000000171. The largest absolute Gasteiger partial charge is 0.348 e. The van der Waals surface area contributed by atoms with Crippen molar-refractivity contribution >= 4 is 40.8 Å². The van der Waals surface area contributed by atoms with Crippen molar-refractivity contribution in [2.24, 2.45) is 0 Å². The molecule has 0 spiro atoms. The van der Waals surface area contributed by atoms with Crippen molar-refractivity contribution in [2.75, 3.05) is 13.6 Å². The number of carbonyl (C=O) groups is 5. The van der Waals surface area contributed by atoms with Crippen LogP contribution in [-0.4, -0.2) is 79.2 Å². The molecule has 6 heterocycles. The molecule has 13 heteroatoms. The summed E-state index contributed by atoms with van der Waals surface area (Å²) in [6, 6.07) is 17.0. The lowest BCUT2D eigenvalue weighted by atomic mass is 10.0. The Kier molecular flexibility index (Phi) is 10.00. The fraction of sp³-hybridized carbons (Fsp3) is 0.268. The van der Waals surface area contributed by atoms with Gasteiger partial charge in [0, 0.05) is 65.7 Å². The van der Waals surface area contributed by atoms with Gasteiger partial charge in [0.05, 0.1) is 42.3 Å². The molecule has 5 aromatic rings. The summed E-state index contributed by atoms with van der Waals surface area (Å²) in [6.45, 7) is 5.13. The first-order valence-electron chi connectivity index (χ1n) is 17.7. The van der Waals surface area contributed by atoms with Crippen molar-refractivity contribution in [3.05, 3.63) is 106 Å². The van der Waals surface area contributed by atoms with Crippen LogP contribution in [0.2, 0.25) is 0 Å². The molecular weight excluding hydrogens is 685 g/mol. The third-order valence-corrected chi connectivity index (χ3v) is 9.90. The van der Waals surface area contributed by atoms with E-state index in [4.69, 9.17) is 10.1 Å². The molecule has 13 nitrogen and oxygen atoms in total. The second-order valence-electron chi connectivity index (χ2n) is 13.4. The second-order valence-corrected chi connectivity index (χ2v) is 13.4. The fourth-order valence-corrected chi connectivity index (χ4v) is 7.04. The third kappa shape index (κ3) is 6.93. The molecule has 3 aliphatic rings. The summed E-state index contributed by atoms with van der Waals surface area (Å²) in [5.74, 6) is 4.92. The number of aryl methyl sites for hydroxylation is 2. The van der Waals surface area contributed by atoms with Crippen LogP contribution >= 0.6 is 0 Å². The Hall–Kier alpha value is -6.68. The molecule has 2 aromatic carbocycles. The van der Waals surface area contributed by atoms with E-state index in [0.717, 1.165) is 62.3 Å². The number of amides is 5. The van der Waals surface area contributed by atoms with Gasteiger partial charge < -0.3 is 15.1 Å². The van der Waals surface area contributed by atoms with Gasteiger partial charge in [-0.2, -0.15) is 5.10 Å². The molecule has 0 aliphatic carbocycles. The van der Waals surface area contributed by atoms with Crippen molar-refractivity contribution in [3.8, 4) is 28.8 Å². The number of piperidine rings is 1. The molecule has 0 radical (unpaired) electrons. The molecular formula is C41H38N8O5. The Morgan fingerprint density at radius 2 is 1.83 bits per heavy atom. The number of likely N-dealkylation sites (N-methyl/N-ethyl adjacent to an activating group) is 1. The first-order chi connectivity index (χ1) is 26.2. The normalized spacial score (nSPS) is 16.2. The maximum Gasteiger partial charge on any atom is 0.255 e. The lowest BCUT2D eigenvalue weighted by Gasteiger charge is -2.29. The number of benzene rings is 2. The predicted octanol–water partition coefficient (Wildman–Crippen LogP) is 3.41. The minimum absolute atomic E-state index is 0.146. The van der Waals surface area contributed by atoms with E-state index < -0.39 is 11.9 Å². The van der Waals surface area contributed by atoms with Gasteiger partial charge in [-0.15, -0.1) is 0 Å². The Morgan fingerprint density at radius 3 is 2.59 bits per heavy atom. The SMILES string of the molecule is CCc1nn(-c2cccc3cc(-c4ccc(C)nc4)ncc23)c2c1CC(=O)N(C)C2.O=CNCC#Cc1cccc2c1CN(C1CCC(=O)NC1=O)C2=O. The van der Waals surface area contributed by atoms with Crippen LogP contribution in [-0.2, 0) is 45.1 Å². The number of aromatic nitrogens is 4. The van der Waals surface area contributed by atoms with Crippen LogP contribution in [0.1, 0.15) is 63.9 Å². The monoisotopic (exact) mass is 722 g/mol. The molecule has 3 aliphatic heterocycles. The van der Waals surface area contributed by atoms with E-state index in [1.165, 1.54) is 4.90 Å². The summed E-state index contributed by atoms with van der Waals surface area (Å²) < 4.78 is 2.01. The van der Waals surface area contributed by atoms with Gasteiger partial charge >= 0.3 is 0 Å². The zero-order valence-corrected chi connectivity index (χ0v) is 30.2. The smallest absolute Gasteiger partial charge is 0.255 e. The minimum Gasteiger partial charge on any atom is -0.348 e. The van der Waals surface area contributed by atoms with Gasteiger partial charge in [0.25, 0.3) is 5.91 Å². The van der Waals surface area contributed by atoms with E-state index in [1.54, 1.807) is 23.1 Å². The maximum absolute atomic E-state index is 12.6.